The third kappa shape index (κ3) is 21.0. The van der Waals surface area contributed by atoms with Crippen molar-refractivity contribution in [3.8, 4) is 22.3 Å². The largest absolute Gasteiger partial charge is 0.495 e. The fourth-order valence-corrected chi connectivity index (χ4v) is 12.7. The number of nitrogens with zero attached hydrogens (tertiary/aromatic N) is 5. The molecule has 3 aromatic heterocycles. The molecule has 0 aliphatic carbocycles. The molecule has 570 valence electrons. The molecule has 9 aromatic carbocycles. The van der Waals surface area contributed by atoms with Crippen molar-refractivity contribution in [3.05, 3.63) is 277 Å². The first kappa shape index (κ1) is 84.9. The van der Waals surface area contributed by atoms with Gasteiger partial charge in [-0.2, -0.15) is 10.2 Å². The number of fused-ring (bicyclic) bond motifs is 3. The number of aromatic nitrogens is 5. The molecule has 18 heteroatoms. The Morgan fingerprint density at radius 2 is 0.945 bits per heavy atom. The summed E-state index contributed by atoms with van der Waals surface area (Å²) in [6, 6.07) is 55.7. The monoisotopic (exact) mass is 1540 g/mol. The van der Waals surface area contributed by atoms with E-state index < -0.39 is 29.5 Å². The Morgan fingerprint density at radius 1 is 0.509 bits per heavy atom. The maximum Gasteiger partial charge on any atom is 0.495 e. The highest BCUT2D eigenvalue weighted by Gasteiger charge is 2.52. The number of halogens is 1. The molecular formula is C92H102BBrN6O10. The molecule has 12 aromatic rings. The molecule has 0 radical (unpaired) electrons. The Balaban J connectivity index is 0.000000185. The summed E-state index contributed by atoms with van der Waals surface area (Å²) < 4.78 is 19.2. The van der Waals surface area contributed by atoms with Crippen molar-refractivity contribution in [2.24, 2.45) is 32.3 Å². The summed E-state index contributed by atoms with van der Waals surface area (Å²) in [5, 5.41) is 49.0. The molecule has 4 heterocycles. The van der Waals surface area contributed by atoms with Crippen molar-refractivity contribution >= 4 is 122 Å². The first-order valence-corrected chi connectivity index (χ1v) is 36.9. The molecule has 0 saturated carbocycles. The van der Waals surface area contributed by atoms with Crippen molar-refractivity contribution in [2.45, 2.75) is 120 Å². The van der Waals surface area contributed by atoms with E-state index >= 15 is 0 Å². The third-order valence-electron chi connectivity index (χ3n) is 20.5. The number of carbonyl (C=O) groups excluding carboxylic acids is 2. The molecule has 6 N–H and O–H groups in total. The van der Waals surface area contributed by atoms with Gasteiger partial charge in [-0.1, -0.05) is 187 Å². The Morgan fingerprint density at radius 3 is 1.42 bits per heavy atom. The lowest BCUT2D eigenvalue weighted by molar-refractivity contribution is -0.150. The lowest BCUT2D eigenvalue weighted by Crippen LogP contribution is -2.48. The normalized spacial score (nSPS) is 14.0. The number of nitrogens with two attached hydrogens (primary N) is 1. The standard InChI is InChI=1S/C31H33NO3.C25H22N2O.C23H27BO3.C8H7BrN2.C4H9NO3.CH4/c1-21-8-9-23(14-15-31(3,20-33)30(34)35)16-25(21)11-10-24-6-5-7-29(22(24)2)26-12-13-27-18-32(4)19-28(27)17-26;1-17-7-8-19(16-28)13-21(17)10-9-20-5-4-6-24(18(20)2)22-11-12-23-15-27(3)26-25(23)14-22;1-16-10-11-18(15-25)14-20(16)13-12-19-8-7-9-21(17(19)2)24-26-22(3,4)23(5,6)27-24;1-11-5-6-2-3-7(9)4-8(6)10-11;1-4(5,2-6)3(7)8;/h5-13,16-19,33H,14-15,20H2,1-4H3,(H,34,35);4-16H,1-3H3;7-15H,1-6H3;2-5H,1H3;6H,2,5H2,1H3,(H,7,8);1H4/b11-10+;10-9+;13-12+;;;/t31-;;;;4-;/m0...0./s1. The van der Waals surface area contributed by atoms with Gasteiger partial charge in [0.05, 0.1) is 40.9 Å². The number of aldehydes is 2. The Kier molecular flexibility index (Phi) is 28.3. The molecule has 0 spiro atoms. The van der Waals surface area contributed by atoms with Crippen LogP contribution in [0.3, 0.4) is 0 Å². The zero-order valence-electron chi connectivity index (χ0n) is 64.9. The summed E-state index contributed by atoms with van der Waals surface area (Å²) >= 11 is 3.39. The number of benzene rings is 9. The summed E-state index contributed by atoms with van der Waals surface area (Å²) in [5.74, 6) is -2.16. The number of carboxylic acid groups (broad SMARTS) is 2. The number of aliphatic hydroxyl groups excluding tert-OH is 2. The molecule has 16 nitrogen and oxygen atoms in total. The summed E-state index contributed by atoms with van der Waals surface area (Å²) in [6.45, 7) is 22.8. The summed E-state index contributed by atoms with van der Waals surface area (Å²) in [6.07, 6.45) is 23.7. The van der Waals surface area contributed by atoms with Crippen LogP contribution in [0.5, 0.6) is 0 Å². The number of aliphatic carboxylic acids is 2. The smallest absolute Gasteiger partial charge is 0.481 e. The highest BCUT2D eigenvalue weighted by Crippen LogP contribution is 2.38. The van der Waals surface area contributed by atoms with Gasteiger partial charge in [-0.15, -0.1) is 0 Å². The van der Waals surface area contributed by atoms with Crippen LogP contribution >= 0.6 is 15.9 Å². The molecule has 1 aliphatic heterocycles. The van der Waals surface area contributed by atoms with Gasteiger partial charge in [0.1, 0.15) is 18.1 Å². The summed E-state index contributed by atoms with van der Waals surface area (Å²) in [5.41, 5.74) is 25.7. The highest BCUT2D eigenvalue weighted by molar-refractivity contribution is 9.10. The van der Waals surface area contributed by atoms with Gasteiger partial charge < -0.3 is 40.0 Å². The Labute approximate surface area is 655 Å². The van der Waals surface area contributed by atoms with Gasteiger partial charge in [-0.25, -0.2) is 0 Å². The SMILES string of the molecule is C.C[C@](N)(CO)C(=O)O.Cc1ccc(C=O)cc1/C=C/c1cccc(-c2ccc3cn(C)nc3c2)c1C.Cc1ccc(C=O)cc1/C=C/c1cccc(B2OC(C)(C)C(C)(C)O2)c1C.Cc1ccc(CC[C@@](C)(CO)C(=O)O)cc1/C=C/c1cccc(-c2ccc3cn(C)cc3c2)c1C.Cn1cc2ccc(Br)cc2n1. The molecule has 0 amide bonds. The van der Waals surface area contributed by atoms with Crippen LogP contribution in [0.15, 0.2) is 193 Å². The third-order valence-corrected chi connectivity index (χ3v) is 21.0. The van der Waals surface area contributed by atoms with Crippen LogP contribution in [0.2, 0.25) is 0 Å². The molecule has 2 atom stereocenters. The predicted molar refractivity (Wildman–Crippen MR) is 456 cm³/mol. The van der Waals surface area contributed by atoms with E-state index in [-0.39, 0.29) is 32.4 Å². The van der Waals surface area contributed by atoms with E-state index in [1.807, 2.05) is 117 Å². The first-order chi connectivity index (χ1) is 51.6. The van der Waals surface area contributed by atoms with Crippen LogP contribution in [0.25, 0.3) is 91.3 Å². The van der Waals surface area contributed by atoms with E-state index in [1.165, 1.54) is 56.5 Å². The second-order valence-electron chi connectivity index (χ2n) is 29.6. The van der Waals surface area contributed by atoms with Crippen LogP contribution in [0, 0.1) is 47.0 Å². The summed E-state index contributed by atoms with van der Waals surface area (Å²) in [4.78, 5) is 43.6. The highest BCUT2D eigenvalue weighted by atomic mass is 79.9. The van der Waals surface area contributed by atoms with E-state index in [4.69, 9.17) is 25.3 Å². The minimum absolute atomic E-state index is 0. The summed E-state index contributed by atoms with van der Waals surface area (Å²) in [7, 11) is 5.54. The number of aliphatic hydroxyl groups is 2. The van der Waals surface area contributed by atoms with Crippen molar-refractivity contribution in [3.63, 3.8) is 0 Å². The maximum absolute atomic E-state index is 11.5. The van der Waals surface area contributed by atoms with Crippen LogP contribution in [0.4, 0.5) is 0 Å². The lowest BCUT2D eigenvalue weighted by Gasteiger charge is -2.32. The molecule has 1 saturated heterocycles. The van der Waals surface area contributed by atoms with Crippen molar-refractivity contribution < 1.29 is 48.9 Å². The Bertz CT molecular complexity index is 5390. The van der Waals surface area contributed by atoms with Crippen molar-refractivity contribution in [2.75, 3.05) is 13.2 Å². The molecule has 1 fully saturated rings. The van der Waals surface area contributed by atoms with Gasteiger partial charge in [0.15, 0.2) is 0 Å². The molecule has 0 unspecified atom stereocenters. The molecule has 110 heavy (non-hydrogen) atoms. The minimum Gasteiger partial charge on any atom is -0.481 e. The van der Waals surface area contributed by atoms with Gasteiger partial charge in [0.25, 0.3) is 0 Å². The zero-order valence-corrected chi connectivity index (χ0v) is 66.4. The number of hydrogen-bond donors (Lipinski definition) is 5. The van der Waals surface area contributed by atoms with Crippen molar-refractivity contribution in [1.29, 1.82) is 0 Å². The number of rotatable bonds is 18. The van der Waals surface area contributed by atoms with E-state index in [0.29, 0.717) is 24.0 Å². The number of carboxylic acids is 2. The Hall–Kier alpha value is -10.7. The zero-order chi connectivity index (χ0) is 79.3. The number of carbonyl (C=O) groups is 4. The van der Waals surface area contributed by atoms with Gasteiger partial charge >= 0.3 is 19.1 Å². The first-order valence-electron chi connectivity index (χ1n) is 36.1. The van der Waals surface area contributed by atoms with E-state index in [1.54, 1.807) is 6.92 Å². The maximum atomic E-state index is 11.5. The van der Waals surface area contributed by atoms with E-state index in [2.05, 4.69) is 239 Å². The fraction of sp³-hybridized carbons (Fsp3) is 0.261. The van der Waals surface area contributed by atoms with Crippen LogP contribution in [0.1, 0.15) is 148 Å². The van der Waals surface area contributed by atoms with Gasteiger partial charge in [-0.05, 0) is 243 Å². The van der Waals surface area contributed by atoms with Crippen LogP contribution in [-0.2, 0) is 46.5 Å². The quantitative estimate of drug-likeness (QED) is 0.0306. The lowest BCUT2D eigenvalue weighted by atomic mass is 9.75. The predicted octanol–water partition coefficient (Wildman–Crippen LogP) is 18.8. The second-order valence-corrected chi connectivity index (χ2v) is 30.5. The van der Waals surface area contributed by atoms with E-state index in [9.17, 15) is 29.4 Å². The average molecular weight is 1540 g/mol. The van der Waals surface area contributed by atoms with Gasteiger partial charge in [0, 0.05) is 72.3 Å². The topological polar surface area (TPSA) is 234 Å². The van der Waals surface area contributed by atoms with Crippen LogP contribution < -0.4 is 11.2 Å². The molecule has 0 bridgehead atoms. The molecule has 1 aliphatic rings. The molecular weight excluding hydrogens is 1440 g/mol. The van der Waals surface area contributed by atoms with Crippen molar-refractivity contribution in [1.82, 2.24) is 24.1 Å². The fourth-order valence-electron chi connectivity index (χ4n) is 12.4. The van der Waals surface area contributed by atoms with Gasteiger partial charge in [-0.3, -0.25) is 28.5 Å². The number of hydrogen-bond acceptors (Lipinski definition) is 11. The van der Waals surface area contributed by atoms with Crippen LogP contribution in [-0.4, -0.2) is 106 Å². The minimum atomic E-state index is -1.49. The van der Waals surface area contributed by atoms with E-state index in [0.717, 1.165) is 100 Å². The number of aryl methyl sites for hydroxylation is 7. The van der Waals surface area contributed by atoms with Gasteiger partial charge in [0.2, 0.25) is 0 Å². The average Bonchev–Trinajstić information content (AvgIpc) is 1.61. The second kappa shape index (κ2) is 36.7. The molecule has 13 rings (SSSR count).